The first-order valence-corrected chi connectivity index (χ1v) is 13.3. The fraction of sp³-hybridized carbons (Fsp3) is 0. The van der Waals surface area contributed by atoms with E-state index in [0.29, 0.717) is 23.0 Å². The molecule has 0 aliphatic rings. The molecule has 0 atom stereocenters. The summed E-state index contributed by atoms with van der Waals surface area (Å²) in [5.74, 6) is 1.01. The lowest BCUT2D eigenvalue weighted by atomic mass is 9.86. The molecule has 0 saturated heterocycles. The topological polar surface area (TPSA) is 104 Å². The maximum absolute atomic E-state index is 5.13. The van der Waals surface area contributed by atoms with Crippen LogP contribution in [0.3, 0.4) is 0 Å². The van der Waals surface area contributed by atoms with Crippen molar-refractivity contribution < 1.29 is 8.83 Å². The Bertz CT molecular complexity index is 2160. The zero-order valence-electron chi connectivity index (χ0n) is 22.0. The summed E-state index contributed by atoms with van der Waals surface area (Å²) < 4.78 is 10.2. The predicted octanol–water partition coefficient (Wildman–Crippen LogP) is 7.88. The van der Waals surface area contributed by atoms with Gasteiger partial charge in [0.05, 0.1) is 0 Å². The Morgan fingerprint density at radius 3 is 1.43 bits per heavy atom. The zero-order valence-corrected chi connectivity index (χ0v) is 22.0. The van der Waals surface area contributed by atoms with E-state index in [-0.39, 0.29) is 0 Å². The predicted molar refractivity (Wildman–Crippen MR) is 160 cm³/mol. The quantitative estimate of drug-likeness (QED) is 0.202. The highest BCUT2D eigenvalue weighted by molar-refractivity contribution is 6.21. The van der Waals surface area contributed by atoms with Gasteiger partial charge in [-0.05, 0) is 38.7 Å². The number of fused-ring (bicyclic) bond motifs is 2. The largest absolute Gasteiger partial charge is 0.451 e. The second-order valence-corrected chi connectivity index (χ2v) is 9.76. The molecule has 4 heterocycles. The highest BCUT2D eigenvalue weighted by atomic mass is 16.3. The van der Waals surface area contributed by atoms with Crippen LogP contribution in [0.25, 0.3) is 78.0 Å². The summed E-state index contributed by atoms with van der Waals surface area (Å²) in [7, 11) is 0. The standard InChI is InChI=1S/C34H20N6O2/c1-2-6-21(7-3-1)22-10-11-27-28(12-22)32(24-15-37-34(38-16-24)30-18-42-20-40-30)26-9-5-4-8-25(26)31(27)23-13-35-33(36-14-23)29-17-41-19-39-29/h1-20H. The number of oxazole rings is 2. The SMILES string of the molecule is c1ccc(-c2ccc3c(-c4cnc(-c5cocn5)nc4)c4ccccc4c(-c4cnc(-c5cocn5)nc4)c3c2)cc1. The van der Waals surface area contributed by atoms with E-state index in [1.807, 2.05) is 30.9 Å². The Kier molecular flexibility index (Phi) is 5.60. The van der Waals surface area contributed by atoms with Gasteiger partial charge in [0.1, 0.15) is 23.9 Å². The van der Waals surface area contributed by atoms with Crippen LogP contribution in [0.1, 0.15) is 0 Å². The highest BCUT2D eigenvalue weighted by Gasteiger charge is 2.19. The molecule has 0 radical (unpaired) electrons. The van der Waals surface area contributed by atoms with Gasteiger partial charge in [0.25, 0.3) is 0 Å². The van der Waals surface area contributed by atoms with Crippen LogP contribution in [0.2, 0.25) is 0 Å². The van der Waals surface area contributed by atoms with Gasteiger partial charge in [-0.1, -0.05) is 66.7 Å². The molecule has 8 nitrogen and oxygen atoms in total. The van der Waals surface area contributed by atoms with E-state index in [4.69, 9.17) is 8.83 Å². The fourth-order valence-electron chi connectivity index (χ4n) is 5.44. The van der Waals surface area contributed by atoms with Crippen molar-refractivity contribution in [2.75, 3.05) is 0 Å². The molecule has 0 aliphatic heterocycles. The fourth-order valence-corrected chi connectivity index (χ4v) is 5.44. The molecule has 8 rings (SSSR count). The molecule has 0 unspecified atom stereocenters. The van der Waals surface area contributed by atoms with Crippen molar-refractivity contribution in [3.63, 3.8) is 0 Å². The lowest BCUT2D eigenvalue weighted by molar-refractivity contribution is 0.558. The van der Waals surface area contributed by atoms with Crippen LogP contribution >= 0.6 is 0 Å². The summed E-state index contributed by atoms with van der Waals surface area (Å²) in [5, 5.41) is 4.29. The average Bonchev–Trinajstić information content (AvgIpc) is 3.80. The molecule has 8 heteroatoms. The van der Waals surface area contributed by atoms with Crippen LogP contribution in [-0.2, 0) is 0 Å². The molecule has 0 aliphatic carbocycles. The summed E-state index contributed by atoms with van der Waals surface area (Å²) in [5.41, 5.74) is 7.34. The Morgan fingerprint density at radius 2 is 0.905 bits per heavy atom. The van der Waals surface area contributed by atoms with Gasteiger partial charge < -0.3 is 8.83 Å². The molecular formula is C34H20N6O2. The van der Waals surface area contributed by atoms with Gasteiger partial charge in [0.2, 0.25) is 0 Å². The second kappa shape index (κ2) is 9.87. The Morgan fingerprint density at radius 1 is 0.405 bits per heavy atom. The number of hydrogen-bond donors (Lipinski definition) is 0. The molecule has 198 valence electrons. The van der Waals surface area contributed by atoms with Gasteiger partial charge in [-0.3, -0.25) is 0 Å². The third kappa shape index (κ3) is 4.01. The minimum Gasteiger partial charge on any atom is -0.451 e. The second-order valence-electron chi connectivity index (χ2n) is 9.76. The molecule has 4 aromatic carbocycles. The van der Waals surface area contributed by atoms with Crippen molar-refractivity contribution in [3.8, 4) is 56.4 Å². The van der Waals surface area contributed by atoms with E-state index in [1.54, 1.807) is 0 Å². The first-order valence-electron chi connectivity index (χ1n) is 13.3. The van der Waals surface area contributed by atoms with Crippen LogP contribution in [-0.4, -0.2) is 29.9 Å². The van der Waals surface area contributed by atoms with Crippen LogP contribution in [0.15, 0.2) is 132 Å². The number of nitrogens with zero attached hydrogens (tertiary/aromatic N) is 6. The summed E-state index contributed by atoms with van der Waals surface area (Å²) in [6, 6.07) is 25.3. The number of benzene rings is 4. The maximum Gasteiger partial charge on any atom is 0.181 e. The van der Waals surface area contributed by atoms with E-state index in [9.17, 15) is 0 Å². The molecular weight excluding hydrogens is 524 g/mol. The van der Waals surface area contributed by atoms with Crippen LogP contribution < -0.4 is 0 Å². The number of rotatable bonds is 5. The molecule has 8 aromatic rings. The van der Waals surface area contributed by atoms with Crippen molar-refractivity contribution in [2.45, 2.75) is 0 Å². The van der Waals surface area contributed by atoms with Gasteiger partial charge in [-0.2, -0.15) is 0 Å². The van der Waals surface area contributed by atoms with Crippen molar-refractivity contribution in [3.05, 3.63) is 123 Å². The lowest BCUT2D eigenvalue weighted by Crippen LogP contribution is -1.95. The number of aromatic nitrogens is 6. The summed E-state index contributed by atoms with van der Waals surface area (Å²) >= 11 is 0. The van der Waals surface area contributed by atoms with E-state index < -0.39 is 0 Å². The van der Waals surface area contributed by atoms with Gasteiger partial charge in [-0.15, -0.1) is 0 Å². The third-order valence-corrected chi connectivity index (χ3v) is 7.33. The molecule has 0 fully saturated rings. The molecule has 42 heavy (non-hydrogen) atoms. The molecule has 0 spiro atoms. The average molecular weight is 545 g/mol. The summed E-state index contributed by atoms with van der Waals surface area (Å²) in [4.78, 5) is 26.9. The van der Waals surface area contributed by atoms with Crippen LogP contribution in [0, 0.1) is 0 Å². The van der Waals surface area contributed by atoms with E-state index in [2.05, 4.69) is 96.6 Å². The van der Waals surface area contributed by atoms with Gasteiger partial charge in [0, 0.05) is 47.0 Å². The summed E-state index contributed by atoms with van der Waals surface area (Å²) in [6.07, 6.45) is 13.2. The number of hydrogen-bond acceptors (Lipinski definition) is 8. The van der Waals surface area contributed by atoms with Crippen molar-refractivity contribution >= 4 is 21.5 Å². The van der Waals surface area contributed by atoms with Crippen LogP contribution in [0.4, 0.5) is 0 Å². The highest BCUT2D eigenvalue weighted by Crippen LogP contribution is 2.44. The smallest absolute Gasteiger partial charge is 0.181 e. The van der Waals surface area contributed by atoms with E-state index in [1.165, 1.54) is 25.3 Å². The Balaban J connectivity index is 1.40. The minimum absolute atomic E-state index is 0.507. The van der Waals surface area contributed by atoms with E-state index >= 15 is 0 Å². The molecule has 4 aromatic heterocycles. The van der Waals surface area contributed by atoms with Gasteiger partial charge in [-0.25, -0.2) is 29.9 Å². The Labute approximate surface area is 239 Å². The molecule has 0 saturated carbocycles. The monoisotopic (exact) mass is 544 g/mol. The zero-order chi connectivity index (χ0) is 27.9. The van der Waals surface area contributed by atoms with Crippen molar-refractivity contribution in [1.82, 2.24) is 29.9 Å². The summed E-state index contributed by atoms with van der Waals surface area (Å²) in [6.45, 7) is 0. The molecule has 0 bridgehead atoms. The molecule has 0 N–H and O–H groups in total. The van der Waals surface area contributed by atoms with Crippen molar-refractivity contribution in [2.24, 2.45) is 0 Å². The van der Waals surface area contributed by atoms with Crippen LogP contribution in [0.5, 0.6) is 0 Å². The van der Waals surface area contributed by atoms with E-state index in [0.717, 1.165) is 54.9 Å². The maximum atomic E-state index is 5.13. The van der Waals surface area contributed by atoms with Gasteiger partial charge in [0.15, 0.2) is 24.4 Å². The Hall–Kier alpha value is -6.02. The third-order valence-electron chi connectivity index (χ3n) is 7.33. The normalized spacial score (nSPS) is 11.3. The molecule has 0 amide bonds. The first-order chi connectivity index (χ1) is 20.8. The first kappa shape index (κ1) is 23.8. The minimum atomic E-state index is 0.507. The van der Waals surface area contributed by atoms with Gasteiger partial charge >= 0.3 is 0 Å². The van der Waals surface area contributed by atoms with Crippen molar-refractivity contribution in [1.29, 1.82) is 0 Å². The lowest BCUT2D eigenvalue weighted by Gasteiger charge is -2.18.